The van der Waals surface area contributed by atoms with Crippen molar-refractivity contribution in [3.8, 4) is 0 Å². The van der Waals surface area contributed by atoms with E-state index in [1.165, 1.54) is 30.7 Å². The number of likely N-dealkylation sites (tertiary alicyclic amines) is 1. The molecule has 0 aliphatic carbocycles. The molecule has 2 unspecified atom stereocenters. The second-order valence-electron chi connectivity index (χ2n) is 4.74. The van der Waals surface area contributed by atoms with Gasteiger partial charge in [0, 0.05) is 29.7 Å². The van der Waals surface area contributed by atoms with Crippen molar-refractivity contribution < 1.29 is 0 Å². The summed E-state index contributed by atoms with van der Waals surface area (Å²) < 4.78 is 0. The molecule has 1 aromatic heterocycles. The summed E-state index contributed by atoms with van der Waals surface area (Å²) in [5.41, 5.74) is 6.06. The van der Waals surface area contributed by atoms with Crippen LogP contribution in [-0.2, 0) is 6.54 Å². The van der Waals surface area contributed by atoms with Gasteiger partial charge in [0.05, 0.1) is 5.01 Å². The van der Waals surface area contributed by atoms with Crippen LogP contribution in [0.15, 0.2) is 6.20 Å². The van der Waals surface area contributed by atoms with Gasteiger partial charge in [-0.3, -0.25) is 4.90 Å². The largest absolute Gasteiger partial charge is 0.327 e. The van der Waals surface area contributed by atoms with Crippen LogP contribution >= 0.6 is 11.3 Å². The molecule has 1 aromatic rings. The second-order valence-corrected chi connectivity index (χ2v) is 6.06. The Balaban J connectivity index is 2.01. The fraction of sp³-hybridized carbons (Fsp3) is 0.750. The number of piperidine rings is 1. The summed E-state index contributed by atoms with van der Waals surface area (Å²) in [4.78, 5) is 8.21. The van der Waals surface area contributed by atoms with Crippen LogP contribution in [0.5, 0.6) is 0 Å². The standard InChI is InChI=1S/C12H21N3S/c1-9(13)12-5-3-4-6-15(12)8-11-7-14-10(2)16-11/h7,9,12H,3-6,8,13H2,1-2H3. The average Bonchev–Trinajstić information content (AvgIpc) is 2.64. The van der Waals surface area contributed by atoms with Gasteiger partial charge in [-0.2, -0.15) is 0 Å². The van der Waals surface area contributed by atoms with E-state index in [1.807, 2.05) is 6.20 Å². The molecule has 2 N–H and O–H groups in total. The first-order valence-corrected chi connectivity index (χ1v) is 6.89. The maximum absolute atomic E-state index is 6.06. The lowest BCUT2D eigenvalue weighted by Crippen LogP contribution is -2.48. The van der Waals surface area contributed by atoms with Crippen LogP contribution in [0.25, 0.3) is 0 Å². The van der Waals surface area contributed by atoms with Crippen LogP contribution in [0.2, 0.25) is 0 Å². The maximum atomic E-state index is 6.06. The fourth-order valence-corrected chi connectivity index (χ4v) is 3.31. The molecule has 3 nitrogen and oxygen atoms in total. The molecule has 90 valence electrons. The van der Waals surface area contributed by atoms with Gasteiger partial charge in [0.15, 0.2) is 0 Å². The SMILES string of the molecule is Cc1ncc(CN2CCCCC2C(C)N)s1. The molecule has 1 saturated heterocycles. The monoisotopic (exact) mass is 239 g/mol. The van der Waals surface area contributed by atoms with Crippen molar-refractivity contribution in [1.82, 2.24) is 9.88 Å². The predicted octanol–water partition coefficient (Wildman–Crippen LogP) is 2.15. The van der Waals surface area contributed by atoms with Crippen LogP contribution in [0.3, 0.4) is 0 Å². The van der Waals surface area contributed by atoms with Gasteiger partial charge >= 0.3 is 0 Å². The van der Waals surface area contributed by atoms with Gasteiger partial charge in [0.1, 0.15) is 0 Å². The Morgan fingerprint density at radius 1 is 1.62 bits per heavy atom. The van der Waals surface area contributed by atoms with Crippen molar-refractivity contribution in [3.63, 3.8) is 0 Å². The molecule has 0 bridgehead atoms. The highest BCUT2D eigenvalue weighted by atomic mass is 32.1. The summed E-state index contributed by atoms with van der Waals surface area (Å²) in [5.74, 6) is 0. The van der Waals surface area contributed by atoms with E-state index in [4.69, 9.17) is 5.73 Å². The van der Waals surface area contributed by atoms with Crippen molar-refractivity contribution in [2.24, 2.45) is 5.73 Å². The molecule has 4 heteroatoms. The molecular formula is C12H21N3S. The Morgan fingerprint density at radius 3 is 3.06 bits per heavy atom. The molecule has 2 atom stereocenters. The molecule has 0 spiro atoms. The smallest absolute Gasteiger partial charge is 0.0897 e. The first kappa shape index (κ1) is 12.0. The van der Waals surface area contributed by atoms with Gasteiger partial charge in [-0.1, -0.05) is 6.42 Å². The third kappa shape index (κ3) is 2.81. The highest BCUT2D eigenvalue weighted by molar-refractivity contribution is 7.11. The number of thiazole rings is 1. The van der Waals surface area contributed by atoms with E-state index in [0.717, 1.165) is 11.6 Å². The molecule has 0 aromatic carbocycles. The molecule has 2 rings (SSSR count). The van der Waals surface area contributed by atoms with Crippen LogP contribution in [0, 0.1) is 6.92 Å². The Morgan fingerprint density at radius 2 is 2.44 bits per heavy atom. The fourth-order valence-electron chi connectivity index (χ4n) is 2.49. The van der Waals surface area contributed by atoms with Crippen molar-refractivity contribution in [1.29, 1.82) is 0 Å². The van der Waals surface area contributed by atoms with Gasteiger partial charge in [-0.05, 0) is 33.2 Å². The van der Waals surface area contributed by atoms with Crippen LogP contribution in [0.4, 0.5) is 0 Å². The first-order chi connectivity index (χ1) is 7.66. The molecule has 1 fully saturated rings. The number of hydrogen-bond acceptors (Lipinski definition) is 4. The lowest BCUT2D eigenvalue weighted by atomic mass is 9.97. The van der Waals surface area contributed by atoms with Crippen molar-refractivity contribution >= 4 is 11.3 Å². The number of nitrogens with two attached hydrogens (primary N) is 1. The van der Waals surface area contributed by atoms with E-state index in [1.54, 1.807) is 11.3 Å². The van der Waals surface area contributed by atoms with E-state index >= 15 is 0 Å². The second kappa shape index (κ2) is 5.25. The summed E-state index contributed by atoms with van der Waals surface area (Å²) in [5, 5.41) is 1.16. The Hall–Kier alpha value is -0.450. The average molecular weight is 239 g/mol. The number of nitrogens with zero attached hydrogens (tertiary/aromatic N) is 2. The molecular weight excluding hydrogens is 218 g/mol. The van der Waals surface area contributed by atoms with Crippen LogP contribution in [-0.4, -0.2) is 28.5 Å². The van der Waals surface area contributed by atoms with E-state index in [9.17, 15) is 0 Å². The van der Waals surface area contributed by atoms with Crippen LogP contribution < -0.4 is 5.73 Å². The van der Waals surface area contributed by atoms with Gasteiger partial charge in [-0.15, -0.1) is 11.3 Å². The number of aryl methyl sites for hydroxylation is 1. The minimum absolute atomic E-state index is 0.273. The Kier molecular flexibility index (Phi) is 3.95. The minimum atomic E-state index is 0.273. The topological polar surface area (TPSA) is 42.2 Å². The summed E-state index contributed by atoms with van der Waals surface area (Å²) in [6, 6.07) is 0.825. The molecule has 2 heterocycles. The van der Waals surface area contributed by atoms with Crippen molar-refractivity contribution in [3.05, 3.63) is 16.1 Å². The summed E-state index contributed by atoms with van der Waals surface area (Å²) in [6.07, 6.45) is 5.88. The highest BCUT2D eigenvalue weighted by Crippen LogP contribution is 2.23. The lowest BCUT2D eigenvalue weighted by molar-refractivity contribution is 0.124. The zero-order valence-corrected chi connectivity index (χ0v) is 11.0. The molecule has 0 amide bonds. The molecule has 0 radical (unpaired) electrons. The predicted molar refractivity (Wildman–Crippen MR) is 68.5 cm³/mol. The van der Waals surface area contributed by atoms with Crippen molar-refractivity contribution in [2.75, 3.05) is 6.54 Å². The molecule has 1 aliphatic rings. The minimum Gasteiger partial charge on any atom is -0.327 e. The van der Waals surface area contributed by atoms with E-state index in [-0.39, 0.29) is 6.04 Å². The van der Waals surface area contributed by atoms with Gasteiger partial charge in [0.2, 0.25) is 0 Å². The number of aromatic nitrogens is 1. The summed E-state index contributed by atoms with van der Waals surface area (Å²) in [7, 11) is 0. The molecule has 1 aliphatic heterocycles. The summed E-state index contributed by atoms with van der Waals surface area (Å²) in [6.45, 7) is 6.40. The number of hydrogen-bond donors (Lipinski definition) is 1. The molecule has 0 saturated carbocycles. The zero-order valence-electron chi connectivity index (χ0n) is 10.1. The van der Waals surface area contributed by atoms with E-state index < -0.39 is 0 Å². The summed E-state index contributed by atoms with van der Waals surface area (Å²) >= 11 is 1.80. The third-order valence-corrected chi connectivity index (χ3v) is 4.20. The lowest BCUT2D eigenvalue weighted by Gasteiger charge is -2.37. The third-order valence-electron chi connectivity index (χ3n) is 3.30. The first-order valence-electron chi connectivity index (χ1n) is 6.08. The number of rotatable bonds is 3. The Bertz CT molecular complexity index is 335. The van der Waals surface area contributed by atoms with E-state index in [2.05, 4.69) is 23.7 Å². The Labute approximate surface area is 102 Å². The maximum Gasteiger partial charge on any atom is 0.0897 e. The quantitative estimate of drug-likeness (QED) is 0.879. The van der Waals surface area contributed by atoms with Crippen molar-refractivity contribution in [2.45, 2.75) is 51.7 Å². The van der Waals surface area contributed by atoms with Crippen LogP contribution in [0.1, 0.15) is 36.1 Å². The van der Waals surface area contributed by atoms with Gasteiger partial charge in [-0.25, -0.2) is 4.98 Å². The van der Waals surface area contributed by atoms with E-state index in [0.29, 0.717) is 6.04 Å². The van der Waals surface area contributed by atoms with Gasteiger partial charge in [0.25, 0.3) is 0 Å². The van der Waals surface area contributed by atoms with Gasteiger partial charge < -0.3 is 5.73 Å². The normalized spacial score (nSPS) is 24.6. The highest BCUT2D eigenvalue weighted by Gasteiger charge is 2.25. The molecule has 16 heavy (non-hydrogen) atoms. The zero-order chi connectivity index (χ0) is 11.5.